The quantitative estimate of drug-likeness (QED) is 0.745. The Morgan fingerprint density at radius 2 is 2.47 bits per heavy atom. The summed E-state index contributed by atoms with van der Waals surface area (Å²) >= 11 is 0. The lowest BCUT2D eigenvalue weighted by Gasteiger charge is -2.38. The van der Waals surface area contributed by atoms with Crippen molar-refractivity contribution in [3.05, 3.63) is 24.5 Å². The molecule has 2 aliphatic heterocycles. The Hall–Kier alpha value is -1.09. The highest BCUT2D eigenvalue weighted by molar-refractivity contribution is 5.44. The van der Waals surface area contributed by atoms with E-state index >= 15 is 0 Å². The van der Waals surface area contributed by atoms with E-state index in [0.717, 1.165) is 12.5 Å². The van der Waals surface area contributed by atoms with Gasteiger partial charge in [-0.1, -0.05) is 0 Å². The highest BCUT2D eigenvalue weighted by Gasteiger charge is 2.33. The van der Waals surface area contributed by atoms with Gasteiger partial charge < -0.3 is 10.2 Å². The van der Waals surface area contributed by atoms with Crippen LogP contribution in [0.15, 0.2) is 24.5 Å². The molecule has 2 fully saturated rings. The van der Waals surface area contributed by atoms with Crippen LogP contribution in [-0.4, -0.2) is 30.7 Å². The molecule has 0 aromatic carbocycles. The van der Waals surface area contributed by atoms with Gasteiger partial charge in [0.2, 0.25) is 0 Å². The number of pyridine rings is 1. The van der Waals surface area contributed by atoms with Crippen molar-refractivity contribution in [3.63, 3.8) is 0 Å². The minimum atomic E-state index is 0.715. The van der Waals surface area contributed by atoms with Gasteiger partial charge in [-0.25, -0.2) is 0 Å². The van der Waals surface area contributed by atoms with E-state index in [9.17, 15) is 0 Å². The highest BCUT2D eigenvalue weighted by Crippen LogP contribution is 2.26. The first kappa shape index (κ1) is 9.16. The third-order valence-corrected chi connectivity index (χ3v) is 3.64. The molecule has 2 saturated heterocycles. The maximum atomic E-state index is 4.19. The summed E-state index contributed by atoms with van der Waals surface area (Å²) < 4.78 is 0. The van der Waals surface area contributed by atoms with Crippen molar-refractivity contribution >= 4 is 5.69 Å². The normalized spacial score (nSPS) is 30.3. The van der Waals surface area contributed by atoms with Gasteiger partial charge >= 0.3 is 0 Å². The second kappa shape index (κ2) is 3.81. The SMILES string of the molecule is c1cncc(N2CCC[C@H]3CN[C@H]3C2)c1. The molecule has 3 heterocycles. The number of fused-ring (bicyclic) bond motifs is 1. The average Bonchev–Trinajstić information content (AvgIpc) is 2.40. The second-order valence-corrected chi connectivity index (χ2v) is 4.57. The summed E-state index contributed by atoms with van der Waals surface area (Å²) in [4.78, 5) is 6.65. The number of aromatic nitrogens is 1. The van der Waals surface area contributed by atoms with Gasteiger partial charge in [0.05, 0.1) is 11.9 Å². The van der Waals surface area contributed by atoms with E-state index in [1.807, 2.05) is 18.5 Å². The van der Waals surface area contributed by atoms with Gasteiger partial charge in [0.15, 0.2) is 0 Å². The molecule has 2 atom stereocenters. The minimum absolute atomic E-state index is 0.715. The number of hydrogen-bond donors (Lipinski definition) is 1. The van der Waals surface area contributed by atoms with Crippen LogP contribution in [0.3, 0.4) is 0 Å². The van der Waals surface area contributed by atoms with Gasteiger partial charge in [-0.3, -0.25) is 4.98 Å². The standard InChI is InChI=1S/C12H17N3/c1-4-11(8-13-5-1)15-6-2-3-10-7-14-12(10)9-15/h1,4-5,8,10,12,14H,2-3,6-7,9H2/t10-,12-/m0/s1. The number of rotatable bonds is 1. The zero-order chi connectivity index (χ0) is 10.1. The molecular formula is C12H17N3. The van der Waals surface area contributed by atoms with Crippen molar-refractivity contribution in [2.24, 2.45) is 5.92 Å². The van der Waals surface area contributed by atoms with Gasteiger partial charge in [-0.15, -0.1) is 0 Å². The largest absolute Gasteiger partial charge is 0.369 e. The first-order valence-electron chi connectivity index (χ1n) is 5.82. The van der Waals surface area contributed by atoms with Crippen molar-refractivity contribution in [1.82, 2.24) is 10.3 Å². The molecule has 0 saturated carbocycles. The summed E-state index contributed by atoms with van der Waals surface area (Å²) in [6, 6.07) is 4.89. The minimum Gasteiger partial charge on any atom is -0.369 e. The first-order chi connectivity index (χ1) is 7.43. The van der Waals surface area contributed by atoms with E-state index in [0.29, 0.717) is 6.04 Å². The lowest BCUT2D eigenvalue weighted by Crippen LogP contribution is -2.56. The van der Waals surface area contributed by atoms with E-state index in [1.54, 1.807) is 0 Å². The van der Waals surface area contributed by atoms with E-state index in [2.05, 4.69) is 21.3 Å². The number of nitrogens with one attached hydrogen (secondary N) is 1. The Balaban J connectivity index is 1.76. The van der Waals surface area contributed by atoms with E-state index in [4.69, 9.17) is 0 Å². The van der Waals surface area contributed by atoms with Crippen LogP contribution in [0.4, 0.5) is 5.69 Å². The van der Waals surface area contributed by atoms with Gasteiger partial charge in [-0.05, 0) is 37.4 Å². The summed E-state index contributed by atoms with van der Waals surface area (Å²) in [5, 5.41) is 3.53. The maximum absolute atomic E-state index is 4.19. The fourth-order valence-electron chi connectivity index (χ4n) is 2.62. The van der Waals surface area contributed by atoms with Crippen LogP contribution in [-0.2, 0) is 0 Å². The van der Waals surface area contributed by atoms with Crippen molar-refractivity contribution in [3.8, 4) is 0 Å². The maximum Gasteiger partial charge on any atom is 0.0553 e. The van der Waals surface area contributed by atoms with Gasteiger partial charge in [0.25, 0.3) is 0 Å². The Morgan fingerprint density at radius 3 is 3.20 bits per heavy atom. The molecule has 0 amide bonds. The number of anilines is 1. The third-order valence-electron chi connectivity index (χ3n) is 3.64. The number of nitrogens with zero attached hydrogens (tertiary/aromatic N) is 2. The summed E-state index contributed by atoms with van der Waals surface area (Å²) in [6.45, 7) is 3.56. The Bertz CT molecular complexity index is 325. The van der Waals surface area contributed by atoms with E-state index < -0.39 is 0 Å². The fourth-order valence-corrected chi connectivity index (χ4v) is 2.62. The molecular weight excluding hydrogens is 186 g/mol. The number of hydrogen-bond acceptors (Lipinski definition) is 3. The average molecular weight is 203 g/mol. The molecule has 80 valence electrons. The molecule has 3 nitrogen and oxygen atoms in total. The van der Waals surface area contributed by atoms with Crippen LogP contribution in [0.1, 0.15) is 12.8 Å². The van der Waals surface area contributed by atoms with Crippen LogP contribution in [0, 0.1) is 5.92 Å². The van der Waals surface area contributed by atoms with Crippen molar-refractivity contribution in [2.45, 2.75) is 18.9 Å². The molecule has 2 aliphatic rings. The Labute approximate surface area is 90.5 Å². The third kappa shape index (κ3) is 1.72. The van der Waals surface area contributed by atoms with Crippen LogP contribution in [0.2, 0.25) is 0 Å². The molecule has 0 radical (unpaired) electrons. The van der Waals surface area contributed by atoms with Crippen molar-refractivity contribution in [1.29, 1.82) is 0 Å². The molecule has 1 aromatic heterocycles. The first-order valence-corrected chi connectivity index (χ1v) is 5.82. The van der Waals surface area contributed by atoms with Crippen molar-refractivity contribution in [2.75, 3.05) is 24.5 Å². The van der Waals surface area contributed by atoms with Gasteiger partial charge in [-0.2, -0.15) is 0 Å². The fraction of sp³-hybridized carbons (Fsp3) is 0.583. The molecule has 0 unspecified atom stereocenters. The van der Waals surface area contributed by atoms with Crippen LogP contribution in [0.25, 0.3) is 0 Å². The summed E-state index contributed by atoms with van der Waals surface area (Å²) in [5.41, 5.74) is 1.27. The molecule has 0 spiro atoms. The topological polar surface area (TPSA) is 28.2 Å². The highest BCUT2D eigenvalue weighted by atomic mass is 15.2. The van der Waals surface area contributed by atoms with Crippen molar-refractivity contribution < 1.29 is 0 Å². The molecule has 3 heteroatoms. The predicted octanol–water partition coefficient (Wildman–Crippen LogP) is 1.27. The van der Waals surface area contributed by atoms with Gasteiger partial charge in [0, 0.05) is 25.3 Å². The Morgan fingerprint density at radius 1 is 1.47 bits per heavy atom. The molecule has 1 aromatic rings. The zero-order valence-corrected chi connectivity index (χ0v) is 8.89. The monoisotopic (exact) mass is 203 g/mol. The lowest BCUT2D eigenvalue weighted by atomic mass is 9.89. The van der Waals surface area contributed by atoms with E-state index in [1.165, 1.54) is 31.6 Å². The summed E-state index contributed by atoms with van der Waals surface area (Å²) in [5.74, 6) is 0.923. The molecule has 0 bridgehead atoms. The van der Waals surface area contributed by atoms with Crippen LogP contribution < -0.4 is 10.2 Å². The molecule has 1 N–H and O–H groups in total. The van der Waals surface area contributed by atoms with Crippen LogP contribution in [0.5, 0.6) is 0 Å². The molecule has 15 heavy (non-hydrogen) atoms. The smallest absolute Gasteiger partial charge is 0.0553 e. The second-order valence-electron chi connectivity index (χ2n) is 4.57. The van der Waals surface area contributed by atoms with E-state index in [-0.39, 0.29) is 0 Å². The predicted molar refractivity (Wildman–Crippen MR) is 61.0 cm³/mol. The lowest BCUT2D eigenvalue weighted by molar-refractivity contribution is 0.234. The summed E-state index contributed by atoms with van der Waals surface area (Å²) in [7, 11) is 0. The Kier molecular flexibility index (Phi) is 2.33. The van der Waals surface area contributed by atoms with Gasteiger partial charge in [0.1, 0.15) is 0 Å². The summed E-state index contributed by atoms with van der Waals surface area (Å²) in [6.07, 6.45) is 6.51. The molecule has 3 rings (SSSR count). The molecule has 0 aliphatic carbocycles. The zero-order valence-electron chi connectivity index (χ0n) is 8.89. The van der Waals surface area contributed by atoms with Crippen LogP contribution >= 0.6 is 0 Å².